The maximum Gasteiger partial charge on any atom is 0.294 e. The number of halogens is 5. The van der Waals surface area contributed by atoms with E-state index in [-0.39, 0.29) is 11.8 Å². The third-order valence-electron chi connectivity index (χ3n) is 3.11. The minimum Gasteiger partial charge on any atom is -0.455 e. The van der Waals surface area contributed by atoms with Gasteiger partial charge in [0.1, 0.15) is 0 Å². The summed E-state index contributed by atoms with van der Waals surface area (Å²) in [6.45, 7) is 4.17. The summed E-state index contributed by atoms with van der Waals surface area (Å²) in [6.07, 6.45) is 0.00743. The van der Waals surface area contributed by atoms with Crippen molar-refractivity contribution < 1.29 is 9.53 Å². The van der Waals surface area contributed by atoms with Crippen LogP contribution in [0.1, 0.15) is 23.1 Å². The smallest absolute Gasteiger partial charge is 0.294 e. The van der Waals surface area contributed by atoms with Crippen molar-refractivity contribution in [3.63, 3.8) is 0 Å². The van der Waals surface area contributed by atoms with E-state index in [0.29, 0.717) is 17.1 Å². The number of aryl methyl sites for hydroxylation is 1. The van der Waals surface area contributed by atoms with Gasteiger partial charge in [0, 0.05) is 16.8 Å². The first-order valence-corrected chi connectivity index (χ1v) is 8.30. The molecule has 0 aliphatic heterocycles. The Labute approximate surface area is 146 Å². The normalized spacial score (nSPS) is 14.8. The van der Waals surface area contributed by atoms with E-state index in [9.17, 15) is 4.79 Å². The van der Waals surface area contributed by atoms with E-state index < -0.39 is 9.39 Å². The molecule has 0 N–H and O–H groups in total. The lowest BCUT2D eigenvalue weighted by molar-refractivity contribution is -0.142. The molecule has 0 aliphatic rings. The van der Waals surface area contributed by atoms with Crippen molar-refractivity contribution in [3.8, 4) is 0 Å². The van der Waals surface area contributed by atoms with Crippen LogP contribution in [0.2, 0.25) is 5.02 Å². The Kier molecular flexibility index (Phi) is 6.49. The van der Waals surface area contributed by atoms with Gasteiger partial charge in [0.2, 0.25) is 0 Å². The summed E-state index contributed by atoms with van der Waals surface area (Å²) in [5.74, 6) is 0. The first kappa shape index (κ1) is 18.4. The molecular weight excluding hydrogens is 410 g/mol. The SMILES string of the molecule is Cc1cc(C(CBr)(CC(Cl)(Cl)Cl)OC=O)cc(Cl)c1C. The minimum atomic E-state index is -1.57. The van der Waals surface area contributed by atoms with Crippen LogP contribution in [0.25, 0.3) is 0 Å². The van der Waals surface area contributed by atoms with Crippen LogP contribution < -0.4 is 0 Å². The van der Waals surface area contributed by atoms with E-state index in [1.165, 1.54) is 0 Å². The van der Waals surface area contributed by atoms with Crippen LogP contribution in [0.5, 0.6) is 0 Å². The monoisotopic (exact) mass is 420 g/mol. The second-order valence-electron chi connectivity index (χ2n) is 4.53. The summed E-state index contributed by atoms with van der Waals surface area (Å²) >= 11 is 27.1. The molecule has 0 radical (unpaired) electrons. The maximum atomic E-state index is 10.9. The molecule has 1 unspecified atom stereocenters. The number of rotatable bonds is 5. The molecule has 20 heavy (non-hydrogen) atoms. The Morgan fingerprint density at radius 2 is 1.90 bits per heavy atom. The summed E-state index contributed by atoms with van der Waals surface area (Å²) in [6, 6.07) is 3.60. The number of carbonyl (C=O) groups is 1. The second kappa shape index (κ2) is 7.06. The van der Waals surface area contributed by atoms with Crippen LogP contribution in [-0.4, -0.2) is 15.6 Å². The molecule has 0 saturated heterocycles. The topological polar surface area (TPSA) is 26.3 Å². The Morgan fingerprint density at radius 1 is 1.30 bits per heavy atom. The maximum absolute atomic E-state index is 10.9. The fourth-order valence-corrected chi connectivity index (χ4v) is 3.43. The highest BCUT2D eigenvalue weighted by Gasteiger charge is 2.41. The van der Waals surface area contributed by atoms with Gasteiger partial charge in [-0.25, -0.2) is 0 Å². The Bertz CT molecular complexity index is 479. The number of carbonyl (C=O) groups excluding carboxylic acids is 1. The van der Waals surface area contributed by atoms with Crippen molar-refractivity contribution in [2.45, 2.75) is 29.7 Å². The molecule has 1 aromatic rings. The third kappa shape index (κ3) is 4.41. The quantitative estimate of drug-likeness (QED) is 0.464. The minimum absolute atomic E-state index is 0.00743. The lowest BCUT2D eigenvalue weighted by Crippen LogP contribution is -2.36. The highest BCUT2D eigenvalue weighted by molar-refractivity contribution is 9.09. The predicted octanol–water partition coefficient (Wildman–Crippen LogP) is 5.48. The molecule has 0 spiro atoms. The first-order chi connectivity index (χ1) is 9.15. The zero-order valence-corrected chi connectivity index (χ0v) is 15.5. The van der Waals surface area contributed by atoms with Crippen LogP contribution in [0.3, 0.4) is 0 Å². The van der Waals surface area contributed by atoms with Crippen molar-refractivity contribution in [2.75, 3.05) is 5.33 Å². The predicted molar refractivity (Wildman–Crippen MR) is 88.5 cm³/mol. The van der Waals surface area contributed by atoms with Crippen molar-refractivity contribution in [2.24, 2.45) is 0 Å². The largest absolute Gasteiger partial charge is 0.455 e. The average Bonchev–Trinajstić information content (AvgIpc) is 2.33. The lowest BCUT2D eigenvalue weighted by atomic mass is 9.90. The molecule has 112 valence electrons. The van der Waals surface area contributed by atoms with Crippen LogP contribution in [0.15, 0.2) is 12.1 Å². The van der Waals surface area contributed by atoms with Gasteiger partial charge >= 0.3 is 0 Å². The fraction of sp³-hybridized carbons (Fsp3) is 0.462. The van der Waals surface area contributed by atoms with Crippen LogP contribution >= 0.6 is 62.3 Å². The standard InChI is InChI=1S/C13H13BrCl4O2/c1-8-3-10(4-11(15)9(8)2)12(6-14,20-7-19)5-13(16,17)18/h3-4,7H,5-6H2,1-2H3. The Balaban J connectivity index is 3.40. The summed E-state index contributed by atoms with van der Waals surface area (Å²) in [5.41, 5.74) is 1.52. The van der Waals surface area contributed by atoms with Gasteiger partial charge in [0.05, 0.1) is 0 Å². The summed E-state index contributed by atoms with van der Waals surface area (Å²) < 4.78 is 3.68. The van der Waals surface area contributed by atoms with Crippen LogP contribution in [-0.2, 0) is 15.1 Å². The van der Waals surface area contributed by atoms with Crippen LogP contribution in [0.4, 0.5) is 0 Å². The van der Waals surface area contributed by atoms with Gasteiger partial charge in [-0.15, -0.1) is 0 Å². The Hall–Kier alpha value is 0.330. The highest BCUT2D eigenvalue weighted by Crippen LogP contribution is 2.44. The van der Waals surface area contributed by atoms with E-state index in [4.69, 9.17) is 51.1 Å². The van der Waals surface area contributed by atoms with Gasteiger partial charge in [0.15, 0.2) is 9.39 Å². The van der Waals surface area contributed by atoms with Gasteiger partial charge < -0.3 is 4.74 Å². The molecule has 0 aromatic heterocycles. The van der Waals surface area contributed by atoms with E-state index in [1.807, 2.05) is 19.9 Å². The number of hydrogen-bond acceptors (Lipinski definition) is 2. The van der Waals surface area contributed by atoms with Crippen molar-refractivity contribution in [3.05, 3.63) is 33.8 Å². The molecule has 0 fully saturated rings. The van der Waals surface area contributed by atoms with E-state index in [0.717, 1.165) is 11.1 Å². The van der Waals surface area contributed by atoms with Crippen molar-refractivity contribution >= 4 is 68.8 Å². The van der Waals surface area contributed by atoms with E-state index in [2.05, 4.69) is 15.9 Å². The molecule has 2 nitrogen and oxygen atoms in total. The fourth-order valence-electron chi connectivity index (χ4n) is 1.86. The van der Waals surface area contributed by atoms with Gasteiger partial charge in [-0.3, -0.25) is 4.79 Å². The zero-order chi connectivity index (χ0) is 15.6. The van der Waals surface area contributed by atoms with Gasteiger partial charge in [-0.1, -0.05) is 68.4 Å². The summed E-state index contributed by atoms with van der Waals surface area (Å²) in [7, 11) is 0. The first-order valence-electron chi connectivity index (χ1n) is 5.66. The lowest BCUT2D eigenvalue weighted by Gasteiger charge is -2.33. The molecule has 0 bridgehead atoms. The molecular formula is C13H13BrCl4O2. The Morgan fingerprint density at radius 3 is 2.30 bits per heavy atom. The average molecular weight is 423 g/mol. The zero-order valence-electron chi connectivity index (χ0n) is 10.9. The molecule has 1 atom stereocenters. The molecule has 0 aliphatic carbocycles. The van der Waals surface area contributed by atoms with E-state index >= 15 is 0 Å². The number of alkyl halides is 4. The molecule has 7 heteroatoms. The molecule has 1 rings (SSSR count). The molecule has 0 saturated carbocycles. The number of hydrogen-bond donors (Lipinski definition) is 0. The van der Waals surface area contributed by atoms with Gasteiger partial charge in [-0.2, -0.15) is 0 Å². The van der Waals surface area contributed by atoms with Gasteiger partial charge in [-0.05, 0) is 36.6 Å². The van der Waals surface area contributed by atoms with Crippen molar-refractivity contribution in [1.29, 1.82) is 0 Å². The number of benzene rings is 1. The molecule has 0 heterocycles. The van der Waals surface area contributed by atoms with Crippen LogP contribution in [0, 0.1) is 13.8 Å². The third-order valence-corrected chi connectivity index (χ3v) is 4.80. The molecule has 1 aromatic carbocycles. The summed E-state index contributed by atoms with van der Waals surface area (Å²) in [4.78, 5) is 10.9. The van der Waals surface area contributed by atoms with E-state index in [1.54, 1.807) is 6.07 Å². The number of ether oxygens (including phenoxy) is 1. The van der Waals surface area contributed by atoms with Crippen molar-refractivity contribution in [1.82, 2.24) is 0 Å². The highest BCUT2D eigenvalue weighted by atomic mass is 79.9. The molecule has 0 amide bonds. The summed E-state index contributed by atoms with van der Waals surface area (Å²) in [5, 5.41) is 0.856. The van der Waals surface area contributed by atoms with Gasteiger partial charge in [0.25, 0.3) is 6.47 Å². The second-order valence-corrected chi connectivity index (χ2v) is 8.02.